The first-order valence-corrected chi connectivity index (χ1v) is 6.58. The lowest BCUT2D eigenvalue weighted by Gasteiger charge is -2.11. The van der Waals surface area contributed by atoms with Crippen molar-refractivity contribution in [2.24, 2.45) is 5.73 Å². The van der Waals surface area contributed by atoms with E-state index in [0.717, 1.165) is 11.8 Å². The number of carbonyl (C=O) groups excluding carboxylic acids is 1. The van der Waals surface area contributed by atoms with Crippen LogP contribution in [0.5, 0.6) is 5.88 Å². The third-order valence-electron chi connectivity index (χ3n) is 2.52. The number of hydrogen-bond donors (Lipinski definition) is 2. The first kappa shape index (κ1) is 14.2. The largest absolute Gasteiger partial charge is 0.472 e. The Morgan fingerprint density at radius 3 is 2.90 bits per heavy atom. The molecule has 1 amide bonds. The molecule has 0 aliphatic carbocycles. The van der Waals surface area contributed by atoms with Gasteiger partial charge in [-0.2, -0.15) is 0 Å². The number of benzene rings is 1. The summed E-state index contributed by atoms with van der Waals surface area (Å²) >= 11 is 0.944. The van der Waals surface area contributed by atoms with E-state index < -0.39 is 11.9 Å². The van der Waals surface area contributed by atoms with Gasteiger partial charge in [0.2, 0.25) is 11.8 Å². The van der Waals surface area contributed by atoms with Gasteiger partial charge in [-0.05, 0) is 12.1 Å². The Morgan fingerprint density at radius 2 is 2.30 bits per heavy atom. The van der Waals surface area contributed by atoms with Crippen LogP contribution in [0.4, 0.5) is 4.39 Å². The summed E-state index contributed by atoms with van der Waals surface area (Å²) in [6.07, 6.45) is 1.30. The highest BCUT2D eigenvalue weighted by molar-refractivity contribution is 7.99. The van der Waals surface area contributed by atoms with Crippen LogP contribution in [0.1, 0.15) is 15.9 Å². The third-order valence-corrected chi connectivity index (χ3v) is 3.33. The molecule has 0 radical (unpaired) electrons. The molecule has 0 spiro atoms. The molecular weight excluding hydrogens is 285 g/mol. The number of nitrogens with zero attached hydrogens (tertiary/aromatic N) is 2. The van der Waals surface area contributed by atoms with Gasteiger partial charge in [-0.25, -0.2) is 4.39 Å². The molecule has 20 heavy (non-hydrogen) atoms. The molecule has 2 aromatic rings. The van der Waals surface area contributed by atoms with Crippen LogP contribution in [-0.2, 0) is 6.61 Å². The zero-order valence-electron chi connectivity index (χ0n) is 10.3. The molecule has 3 N–H and O–H groups in total. The van der Waals surface area contributed by atoms with E-state index >= 15 is 0 Å². The lowest BCUT2D eigenvalue weighted by Crippen LogP contribution is -2.15. The van der Waals surface area contributed by atoms with Crippen molar-refractivity contribution in [3.63, 3.8) is 0 Å². The van der Waals surface area contributed by atoms with Gasteiger partial charge in [0.25, 0.3) is 0 Å². The molecule has 0 saturated heterocycles. The lowest BCUT2D eigenvalue weighted by atomic mass is 10.1. The molecule has 0 atom stereocenters. The maximum Gasteiger partial charge on any atom is 0.249 e. The first-order chi connectivity index (χ1) is 9.61. The van der Waals surface area contributed by atoms with Crippen LogP contribution in [0.25, 0.3) is 0 Å². The van der Waals surface area contributed by atoms with Gasteiger partial charge < -0.3 is 15.7 Å². The Bertz CT molecular complexity index is 618. The number of hydrogen-bond acceptors (Lipinski definition) is 5. The van der Waals surface area contributed by atoms with Gasteiger partial charge in [-0.15, -0.1) is 4.85 Å². The molecule has 1 heterocycles. The minimum atomic E-state index is -0.625. The molecule has 0 aliphatic rings. The molecule has 2 rings (SSSR count). The number of aromatic nitrogens is 2. The number of halogens is 1. The smallest absolute Gasteiger partial charge is 0.249 e. The summed E-state index contributed by atoms with van der Waals surface area (Å²) in [5.74, 6) is -0.430. The fourth-order valence-electron chi connectivity index (χ4n) is 1.66. The minimum Gasteiger partial charge on any atom is -0.472 e. The highest BCUT2D eigenvalue weighted by Crippen LogP contribution is 2.26. The van der Waals surface area contributed by atoms with Crippen molar-refractivity contribution in [1.82, 2.24) is 9.94 Å². The number of ether oxygens (including phenoxy) is 1. The topological polar surface area (TPSA) is 90.4 Å². The second-order valence-corrected chi connectivity index (χ2v) is 4.71. The Balaban J connectivity index is 2.25. The SMILES string of the molecule is NC(=O)c1cccc(SCF)c1COc1ccn(O)n1. The highest BCUT2D eigenvalue weighted by atomic mass is 32.2. The van der Waals surface area contributed by atoms with Crippen molar-refractivity contribution in [3.05, 3.63) is 41.6 Å². The van der Waals surface area contributed by atoms with Crippen molar-refractivity contribution in [1.29, 1.82) is 0 Å². The predicted molar refractivity (Wildman–Crippen MR) is 70.5 cm³/mol. The number of carbonyl (C=O) groups is 1. The molecule has 6 nitrogen and oxygen atoms in total. The molecule has 0 aliphatic heterocycles. The monoisotopic (exact) mass is 297 g/mol. The Labute approximate surface area is 118 Å². The summed E-state index contributed by atoms with van der Waals surface area (Å²) in [6, 6.07) is 5.69. The number of alkyl halides is 1. The van der Waals surface area contributed by atoms with Gasteiger partial charge in [0.1, 0.15) is 12.6 Å². The van der Waals surface area contributed by atoms with Crippen LogP contribution in [0, 0.1) is 0 Å². The normalized spacial score (nSPS) is 10.4. The average molecular weight is 297 g/mol. The standard InChI is InChI=1S/C12H12FN3O3S/c13-7-20-10-3-1-2-8(12(14)17)9(10)6-19-11-4-5-16(18)15-11/h1-5,18H,6-7H2,(H2,14,17). The van der Waals surface area contributed by atoms with E-state index in [0.29, 0.717) is 15.3 Å². The number of amides is 1. The molecule has 0 saturated carbocycles. The zero-order chi connectivity index (χ0) is 14.5. The summed E-state index contributed by atoms with van der Waals surface area (Å²) in [4.78, 5) is 12.6. The second kappa shape index (κ2) is 6.29. The molecule has 0 unspecified atom stereocenters. The summed E-state index contributed by atoms with van der Waals surface area (Å²) in [6.45, 7) is -0.00153. The summed E-state index contributed by atoms with van der Waals surface area (Å²) in [5.41, 5.74) is 6.06. The Hall–Kier alpha value is -2.22. The van der Waals surface area contributed by atoms with Gasteiger partial charge in [0.05, 0.1) is 6.20 Å². The van der Waals surface area contributed by atoms with Gasteiger partial charge in [-0.1, -0.05) is 22.9 Å². The molecule has 1 aromatic carbocycles. The number of nitrogens with two attached hydrogens (primary N) is 1. The Kier molecular flexibility index (Phi) is 4.46. The predicted octanol–water partition coefficient (Wildman–Crippen LogP) is 1.82. The van der Waals surface area contributed by atoms with E-state index in [2.05, 4.69) is 5.10 Å². The van der Waals surface area contributed by atoms with Gasteiger partial charge in [-0.3, -0.25) is 4.79 Å². The summed E-state index contributed by atoms with van der Waals surface area (Å²) < 4.78 is 17.9. The van der Waals surface area contributed by atoms with Gasteiger partial charge in [0, 0.05) is 22.1 Å². The maximum atomic E-state index is 12.5. The zero-order valence-corrected chi connectivity index (χ0v) is 11.1. The van der Waals surface area contributed by atoms with Crippen LogP contribution in [-0.4, -0.2) is 27.1 Å². The quantitative estimate of drug-likeness (QED) is 0.627. The lowest BCUT2D eigenvalue weighted by molar-refractivity contribution is 0.0996. The molecule has 106 valence electrons. The van der Waals surface area contributed by atoms with E-state index in [1.165, 1.54) is 12.3 Å². The van der Waals surface area contributed by atoms with Gasteiger partial charge in [0.15, 0.2) is 0 Å². The van der Waals surface area contributed by atoms with Crippen molar-refractivity contribution in [3.8, 4) is 5.88 Å². The van der Waals surface area contributed by atoms with Crippen molar-refractivity contribution >= 4 is 17.7 Å². The van der Waals surface area contributed by atoms with Crippen LogP contribution in [0.3, 0.4) is 0 Å². The van der Waals surface area contributed by atoms with E-state index in [1.807, 2.05) is 0 Å². The van der Waals surface area contributed by atoms with E-state index in [-0.39, 0.29) is 18.1 Å². The number of primary amides is 1. The fourth-order valence-corrected chi connectivity index (χ4v) is 2.30. The van der Waals surface area contributed by atoms with Crippen LogP contribution in [0.2, 0.25) is 0 Å². The maximum absolute atomic E-state index is 12.5. The molecule has 0 fully saturated rings. The average Bonchev–Trinajstić information content (AvgIpc) is 2.83. The van der Waals surface area contributed by atoms with Crippen molar-refractivity contribution < 1.29 is 19.1 Å². The highest BCUT2D eigenvalue weighted by Gasteiger charge is 2.14. The first-order valence-electron chi connectivity index (χ1n) is 5.60. The number of thioether (sulfide) groups is 1. The van der Waals surface area contributed by atoms with Crippen molar-refractivity contribution in [2.45, 2.75) is 11.5 Å². The summed E-state index contributed by atoms with van der Waals surface area (Å²) in [5, 5.41) is 12.7. The molecule has 0 bridgehead atoms. The van der Waals surface area contributed by atoms with Crippen molar-refractivity contribution in [2.75, 3.05) is 6.01 Å². The van der Waals surface area contributed by atoms with E-state index in [1.54, 1.807) is 18.2 Å². The van der Waals surface area contributed by atoms with Gasteiger partial charge >= 0.3 is 0 Å². The van der Waals surface area contributed by atoms with Crippen LogP contribution in [0.15, 0.2) is 35.4 Å². The van der Waals surface area contributed by atoms with E-state index in [9.17, 15) is 9.18 Å². The molecule has 8 heteroatoms. The third kappa shape index (κ3) is 3.21. The fraction of sp³-hybridized carbons (Fsp3) is 0.167. The van der Waals surface area contributed by atoms with E-state index in [4.69, 9.17) is 15.7 Å². The molecular formula is C12H12FN3O3S. The second-order valence-electron chi connectivity index (χ2n) is 3.76. The van der Waals surface area contributed by atoms with Crippen LogP contribution < -0.4 is 10.5 Å². The Morgan fingerprint density at radius 1 is 1.50 bits per heavy atom. The molecule has 1 aromatic heterocycles. The number of rotatable bonds is 6. The minimum absolute atomic E-state index is 0.00153. The van der Waals surface area contributed by atoms with Crippen LogP contribution >= 0.6 is 11.8 Å². The summed E-state index contributed by atoms with van der Waals surface area (Å²) in [7, 11) is 0.